The van der Waals surface area contributed by atoms with E-state index in [9.17, 15) is 0 Å². The van der Waals surface area contributed by atoms with Crippen LogP contribution in [0.25, 0.3) is 0 Å². The lowest BCUT2D eigenvalue weighted by Crippen LogP contribution is -2.40. The van der Waals surface area contributed by atoms with Gasteiger partial charge in [-0.2, -0.15) is 0 Å². The zero-order valence-corrected chi connectivity index (χ0v) is 17.2. The molecular formula is C20H26IN3O. The van der Waals surface area contributed by atoms with Gasteiger partial charge in [0.1, 0.15) is 0 Å². The molecule has 25 heavy (non-hydrogen) atoms. The van der Waals surface area contributed by atoms with Crippen LogP contribution in [0.3, 0.4) is 0 Å². The van der Waals surface area contributed by atoms with E-state index in [1.165, 1.54) is 22.4 Å². The molecule has 2 aromatic carbocycles. The summed E-state index contributed by atoms with van der Waals surface area (Å²) in [6.45, 7) is 5.18. The van der Waals surface area contributed by atoms with Crippen molar-refractivity contribution in [3.05, 3.63) is 65.2 Å². The predicted octanol–water partition coefficient (Wildman–Crippen LogP) is 3.98. The summed E-state index contributed by atoms with van der Waals surface area (Å²) in [5.41, 5.74) is 5.10. The molecule has 1 heterocycles. The van der Waals surface area contributed by atoms with Crippen LogP contribution in [-0.4, -0.2) is 26.2 Å². The van der Waals surface area contributed by atoms with Crippen molar-refractivity contribution >= 4 is 35.6 Å². The molecule has 0 saturated heterocycles. The molecule has 0 spiro atoms. The van der Waals surface area contributed by atoms with Crippen LogP contribution in [0.5, 0.6) is 0 Å². The number of anilines is 1. The van der Waals surface area contributed by atoms with Gasteiger partial charge in [-0.3, -0.25) is 4.99 Å². The zero-order valence-electron chi connectivity index (χ0n) is 14.9. The molecule has 0 aliphatic carbocycles. The molecule has 3 rings (SSSR count). The van der Waals surface area contributed by atoms with Gasteiger partial charge in [-0.25, -0.2) is 0 Å². The van der Waals surface area contributed by atoms with Gasteiger partial charge in [0, 0.05) is 32.4 Å². The molecule has 0 unspecified atom stereocenters. The first-order valence-corrected chi connectivity index (χ1v) is 8.53. The van der Waals surface area contributed by atoms with Crippen LogP contribution in [0, 0.1) is 0 Å². The Balaban J connectivity index is 0.00000225. The number of guanidine groups is 1. The summed E-state index contributed by atoms with van der Waals surface area (Å²) >= 11 is 0. The Bertz CT molecular complexity index is 700. The van der Waals surface area contributed by atoms with E-state index in [1.54, 1.807) is 0 Å². The average Bonchev–Trinajstić information content (AvgIpc) is 3.06. The third kappa shape index (κ3) is 4.95. The molecule has 0 fully saturated rings. The third-order valence-corrected chi connectivity index (χ3v) is 4.30. The van der Waals surface area contributed by atoms with Gasteiger partial charge in [0.2, 0.25) is 0 Å². The molecule has 134 valence electrons. The normalized spacial score (nSPS) is 13.4. The largest absolute Gasteiger partial charge is 0.377 e. The van der Waals surface area contributed by atoms with Crippen molar-refractivity contribution in [3.8, 4) is 0 Å². The van der Waals surface area contributed by atoms with Crippen LogP contribution in [0.4, 0.5) is 5.69 Å². The molecule has 0 radical (unpaired) electrons. The van der Waals surface area contributed by atoms with Crippen molar-refractivity contribution in [2.75, 3.05) is 25.1 Å². The number of ether oxygens (including phenoxy) is 1. The summed E-state index contributed by atoms with van der Waals surface area (Å²) in [7, 11) is 1.84. The van der Waals surface area contributed by atoms with Crippen molar-refractivity contribution in [2.45, 2.75) is 26.5 Å². The first-order chi connectivity index (χ1) is 11.8. The fourth-order valence-electron chi connectivity index (χ4n) is 3.01. The lowest BCUT2D eigenvalue weighted by molar-refractivity contribution is 0.134. The fraction of sp³-hybridized carbons (Fsp3) is 0.350. The molecule has 4 nitrogen and oxygen atoms in total. The molecular weight excluding hydrogens is 425 g/mol. The number of hydrogen-bond acceptors (Lipinski definition) is 2. The number of benzene rings is 2. The number of nitrogens with zero attached hydrogens (tertiary/aromatic N) is 2. The molecule has 0 amide bonds. The van der Waals surface area contributed by atoms with Crippen LogP contribution >= 0.6 is 24.0 Å². The lowest BCUT2D eigenvalue weighted by atomic mass is 10.1. The van der Waals surface area contributed by atoms with E-state index in [2.05, 4.69) is 63.7 Å². The molecule has 5 heteroatoms. The van der Waals surface area contributed by atoms with Crippen molar-refractivity contribution in [1.82, 2.24) is 5.32 Å². The van der Waals surface area contributed by atoms with Gasteiger partial charge < -0.3 is 15.0 Å². The maximum atomic E-state index is 5.43. The Morgan fingerprint density at radius 2 is 1.84 bits per heavy atom. The van der Waals surface area contributed by atoms with Gasteiger partial charge in [0.05, 0.1) is 6.61 Å². The topological polar surface area (TPSA) is 36.9 Å². The maximum absolute atomic E-state index is 5.43. The van der Waals surface area contributed by atoms with E-state index in [0.29, 0.717) is 6.61 Å². The van der Waals surface area contributed by atoms with Crippen LogP contribution in [0.1, 0.15) is 23.6 Å². The number of hydrogen-bond donors (Lipinski definition) is 1. The molecule has 0 aromatic heterocycles. The zero-order chi connectivity index (χ0) is 16.8. The van der Waals surface area contributed by atoms with Crippen molar-refractivity contribution < 1.29 is 4.74 Å². The Morgan fingerprint density at radius 3 is 2.56 bits per heavy atom. The fourth-order valence-corrected chi connectivity index (χ4v) is 3.01. The molecule has 1 N–H and O–H groups in total. The summed E-state index contributed by atoms with van der Waals surface area (Å²) < 4.78 is 5.43. The van der Waals surface area contributed by atoms with Crippen LogP contribution in [-0.2, 0) is 24.3 Å². The van der Waals surface area contributed by atoms with E-state index in [1.807, 2.05) is 14.0 Å². The standard InChI is InChI=1S/C20H25N3O.HI/c1-3-24-15-17-10-8-16(9-11-17)14-22-20(21-2)23-13-12-18-6-4-5-7-19(18)23;/h4-11H,3,12-15H2,1-2H3,(H,21,22);1H. The Hall–Kier alpha value is -1.60. The van der Waals surface area contributed by atoms with E-state index in [-0.39, 0.29) is 24.0 Å². The monoisotopic (exact) mass is 451 g/mol. The summed E-state index contributed by atoms with van der Waals surface area (Å²) in [4.78, 5) is 6.72. The smallest absolute Gasteiger partial charge is 0.198 e. The van der Waals surface area contributed by atoms with E-state index < -0.39 is 0 Å². The van der Waals surface area contributed by atoms with Crippen LogP contribution < -0.4 is 10.2 Å². The second-order valence-electron chi connectivity index (χ2n) is 5.88. The molecule has 0 atom stereocenters. The van der Waals surface area contributed by atoms with Gasteiger partial charge >= 0.3 is 0 Å². The SMILES string of the molecule is CCOCc1ccc(CNC(=NC)N2CCc3ccccc32)cc1.I. The first-order valence-electron chi connectivity index (χ1n) is 8.53. The molecule has 0 saturated carbocycles. The predicted molar refractivity (Wildman–Crippen MR) is 115 cm³/mol. The lowest BCUT2D eigenvalue weighted by Gasteiger charge is -2.22. The first kappa shape index (κ1) is 19.7. The third-order valence-electron chi connectivity index (χ3n) is 4.30. The molecule has 1 aliphatic heterocycles. The highest BCUT2D eigenvalue weighted by atomic mass is 127. The number of nitrogens with one attached hydrogen (secondary N) is 1. The minimum atomic E-state index is 0. The van der Waals surface area contributed by atoms with Gasteiger partial charge in [-0.05, 0) is 36.1 Å². The highest BCUT2D eigenvalue weighted by Gasteiger charge is 2.22. The van der Waals surface area contributed by atoms with Crippen molar-refractivity contribution in [3.63, 3.8) is 0 Å². The Morgan fingerprint density at radius 1 is 1.12 bits per heavy atom. The second-order valence-corrected chi connectivity index (χ2v) is 5.88. The quantitative estimate of drug-likeness (QED) is 0.425. The van der Waals surface area contributed by atoms with Crippen molar-refractivity contribution in [1.29, 1.82) is 0 Å². The van der Waals surface area contributed by atoms with E-state index in [4.69, 9.17) is 4.74 Å². The number of rotatable bonds is 5. The number of halogens is 1. The van der Waals surface area contributed by atoms with Crippen LogP contribution in [0.2, 0.25) is 0 Å². The maximum Gasteiger partial charge on any atom is 0.198 e. The summed E-state index contributed by atoms with van der Waals surface area (Å²) in [6, 6.07) is 17.1. The molecule has 1 aliphatic rings. The van der Waals surface area contributed by atoms with E-state index in [0.717, 1.165) is 32.1 Å². The highest BCUT2D eigenvalue weighted by molar-refractivity contribution is 14.0. The van der Waals surface area contributed by atoms with Crippen molar-refractivity contribution in [2.24, 2.45) is 4.99 Å². The Labute approximate surface area is 167 Å². The summed E-state index contributed by atoms with van der Waals surface area (Å²) in [5.74, 6) is 0.929. The highest BCUT2D eigenvalue weighted by Crippen LogP contribution is 2.27. The second kappa shape index (κ2) is 9.77. The molecule has 0 bridgehead atoms. The summed E-state index contributed by atoms with van der Waals surface area (Å²) in [6.07, 6.45) is 1.07. The minimum absolute atomic E-state index is 0. The van der Waals surface area contributed by atoms with Gasteiger partial charge in [-0.1, -0.05) is 42.5 Å². The number of fused-ring (bicyclic) bond motifs is 1. The minimum Gasteiger partial charge on any atom is -0.377 e. The average molecular weight is 451 g/mol. The number of aliphatic imine (C=N–C) groups is 1. The van der Waals surface area contributed by atoms with Gasteiger partial charge in [0.25, 0.3) is 0 Å². The van der Waals surface area contributed by atoms with Crippen LogP contribution in [0.15, 0.2) is 53.5 Å². The van der Waals surface area contributed by atoms with E-state index >= 15 is 0 Å². The van der Waals surface area contributed by atoms with Gasteiger partial charge in [0.15, 0.2) is 5.96 Å². The number of para-hydroxylation sites is 1. The summed E-state index contributed by atoms with van der Waals surface area (Å²) in [5, 5.41) is 3.48. The van der Waals surface area contributed by atoms with Gasteiger partial charge in [-0.15, -0.1) is 24.0 Å². The molecule has 2 aromatic rings. The Kier molecular flexibility index (Phi) is 7.71.